The molecule has 70 valence electrons. The zero-order chi connectivity index (χ0) is 9.68. The highest BCUT2D eigenvalue weighted by Gasteiger charge is 2.05. The lowest BCUT2D eigenvalue weighted by Crippen LogP contribution is -1.92. The van der Waals surface area contributed by atoms with Crippen LogP contribution in [-0.2, 0) is 11.2 Å². The zero-order valence-electron chi connectivity index (χ0n) is 7.42. The fourth-order valence-corrected chi connectivity index (χ4v) is 1.89. The summed E-state index contributed by atoms with van der Waals surface area (Å²) in [5.74, 6) is -0.198. The van der Waals surface area contributed by atoms with Gasteiger partial charge in [-0.3, -0.25) is 0 Å². The van der Waals surface area contributed by atoms with Crippen LogP contribution in [-0.4, -0.2) is 12.5 Å². The number of aryl methyl sites for hydroxylation is 1. The van der Waals surface area contributed by atoms with Crippen LogP contribution < -0.4 is 0 Å². The predicted octanol–water partition coefficient (Wildman–Crippen LogP) is 2.68. The molecule has 0 saturated heterocycles. The molecule has 0 aliphatic rings. The van der Waals surface area contributed by atoms with Gasteiger partial charge < -0.3 is 4.79 Å². The second kappa shape index (κ2) is 5.02. The fourth-order valence-electron chi connectivity index (χ4n) is 1.19. The number of thioether (sulfide) groups is 1. The van der Waals surface area contributed by atoms with E-state index in [0.29, 0.717) is 17.7 Å². The Kier molecular flexibility index (Phi) is 3.96. The molecule has 0 fully saturated rings. The molecule has 0 spiro atoms. The van der Waals surface area contributed by atoms with Gasteiger partial charge >= 0.3 is 0 Å². The van der Waals surface area contributed by atoms with Crippen molar-refractivity contribution >= 4 is 18.0 Å². The van der Waals surface area contributed by atoms with Gasteiger partial charge in [0.25, 0.3) is 0 Å². The smallest absolute Gasteiger partial charge is 0.137 e. The third-order valence-electron chi connectivity index (χ3n) is 1.78. The summed E-state index contributed by atoms with van der Waals surface area (Å²) < 4.78 is 13.2. The van der Waals surface area contributed by atoms with Gasteiger partial charge in [-0.25, -0.2) is 4.39 Å². The van der Waals surface area contributed by atoms with Gasteiger partial charge in [0.1, 0.15) is 12.1 Å². The Labute approximate surface area is 81.3 Å². The molecule has 0 aromatic heterocycles. The molecule has 0 bridgehead atoms. The van der Waals surface area contributed by atoms with Crippen LogP contribution in [0.4, 0.5) is 4.39 Å². The van der Waals surface area contributed by atoms with Gasteiger partial charge in [0.2, 0.25) is 0 Å². The van der Waals surface area contributed by atoms with Gasteiger partial charge in [-0.2, -0.15) is 0 Å². The van der Waals surface area contributed by atoms with Crippen LogP contribution in [0.5, 0.6) is 0 Å². The first-order valence-corrected chi connectivity index (χ1v) is 5.27. The number of carbonyl (C=O) groups excluding carboxylic acids is 1. The molecule has 0 heterocycles. The van der Waals surface area contributed by atoms with Gasteiger partial charge in [0.05, 0.1) is 0 Å². The maximum Gasteiger partial charge on any atom is 0.137 e. The summed E-state index contributed by atoms with van der Waals surface area (Å²) in [4.78, 5) is 10.8. The summed E-state index contributed by atoms with van der Waals surface area (Å²) in [6, 6.07) is 4.98. The molecule has 1 aromatic rings. The summed E-state index contributed by atoms with van der Waals surface area (Å²) in [5, 5.41) is 0. The molecule has 1 rings (SSSR count). The second-order valence-corrected chi connectivity index (χ2v) is 3.45. The molecule has 0 saturated carbocycles. The summed E-state index contributed by atoms with van der Waals surface area (Å²) in [6.45, 7) is 0. The Morgan fingerprint density at radius 1 is 1.54 bits per heavy atom. The third-order valence-corrected chi connectivity index (χ3v) is 2.65. The van der Waals surface area contributed by atoms with Crippen molar-refractivity contribution in [2.24, 2.45) is 0 Å². The zero-order valence-corrected chi connectivity index (χ0v) is 8.23. The highest BCUT2D eigenvalue weighted by molar-refractivity contribution is 7.98. The summed E-state index contributed by atoms with van der Waals surface area (Å²) in [6.07, 6.45) is 3.77. The molecule has 1 nitrogen and oxygen atoms in total. The van der Waals surface area contributed by atoms with Crippen LogP contribution in [0.1, 0.15) is 12.0 Å². The fraction of sp³-hybridized carbons (Fsp3) is 0.300. The van der Waals surface area contributed by atoms with Gasteiger partial charge in [-0.05, 0) is 24.3 Å². The maximum atomic E-state index is 13.2. The highest BCUT2D eigenvalue weighted by Crippen LogP contribution is 2.24. The van der Waals surface area contributed by atoms with E-state index in [-0.39, 0.29) is 5.82 Å². The quantitative estimate of drug-likeness (QED) is 0.546. The van der Waals surface area contributed by atoms with Crippen molar-refractivity contribution in [3.05, 3.63) is 29.6 Å². The number of hydrogen-bond donors (Lipinski definition) is 0. The second-order valence-electron chi connectivity index (χ2n) is 2.64. The van der Waals surface area contributed by atoms with E-state index in [4.69, 9.17) is 0 Å². The first-order valence-electron chi connectivity index (χ1n) is 4.04. The van der Waals surface area contributed by atoms with Crippen molar-refractivity contribution in [2.75, 3.05) is 6.26 Å². The number of halogens is 1. The molecule has 0 aliphatic carbocycles. The number of aldehydes is 1. The van der Waals surface area contributed by atoms with Crippen molar-refractivity contribution in [3.8, 4) is 0 Å². The number of carbonyl (C=O) groups is 1. The van der Waals surface area contributed by atoms with E-state index in [1.807, 2.05) is 12.3 Å². The number of benzene rings is 1. The van der Waals surface area contributed by atoms with Crippen LogP contribution in [0.15, 0.2) is 23.1 Å². The molecule has 3 heteroatoms. The standard InChI is InChI=1S/C10H11FOS/c1-13-10-8(5-3-7-12)4-2-6-9(10)11/h2,4,6-7H,3,5H2,1H3. The number of hydrogen-bond acceptors (Lipinski definition) is 2. The molecule has 0 radical (unpaired) electrons. The molecule has 0 atom stereocenters. The lowest BCUT2D eigenvalue weighted by Gasteiger charge is -2.05. The monoisotopic (exact) mass is 198 g/mol. The van der Waals surface area contributed by atoms with Crippen LogP contribution in [0, 0.1) is 5.82 Å². The van der Waals surface area contributed by atoms with E-state index >= 15 is 0 Å². The normalized spacial score (nSPS) is 10.0. The third kappa shape index (κ3) is 2.56. The van der Waals surface area contributed by atoms with Gasteiger partial charge in [0.15, 0.2) is 0 Å². The molecule has 13 heavy (non-hydrogen) atoms. The molecule has 0 aliphatic heterocycles. The first kappa shape index (κ1) is 10.3. The lowest BCUT2D eigenvalue weighted by molar-refractivity contribution is -0.107. The Hall–Kier alpha value is -0.830. The molecule has 1 aromatic carbocycles. The SMILES string of the molecule is CSc1c(F)cccc1CCC=O. The predicted molar refractivity (Wildman–Crippen MR) is 52.6 cm³/mol. The summed E-state index contributed by atoms with van der Waals surface area (Å²) >= 11 is 1.38. The molecule has 0 N–H and O–H groups in total. The van der Waals surface area contributed by atoms with E-state index < -0.39 is 0 Å². The molecule has 0 amide bonds. The van der Waals surface area contributed by atoms with Crippen molar-refractivity contribution in [2.45, 2.75) is 17.7 Å². The molecule has 0 unspecified atom stereocenters. The average Bonchev–Trinajstić information content (AvgIpc) is 2.15. The van der Waals surface area contributed by atoms with Crippen LogP contribution in [0.25, 0.3) is 0 Å². The van der Waals surface area contributed by atoms with Crippen LogP contribution in [0.2, 0.25) is 0 Å². The van der Waals surface area contributed by atoms with E-state index in [1.54, 1.807) is 6.07 Å². The van der Waals surface area contributed by atoms with Crippen LogP contribution >= 0.6 is 11.8 Å². The molecular formula is C10H11FOS. The van der Waals surface area contributed by atoms with Gasteiger partial charge in [0, 0.05) is 11.3 Å². The van der Waals surface area contributed by atoms with Gasteiger partial charge in [-0.1, -0.05) is 12.1 Å². The molecular weight excluding hydrogens is 187 g/mol. The Morgan fingerprint density at radius 3 is 2.92 bits per heavy atom. The Morgan fingerprint density at radius 2 is 2.31 bits per heavy atom. The maximum absolute atomic E-state index is 13.2. The van der Waals surface area contributed by atoms with Crippen molar-refractivity contribution in [3.63, 3.8) is 0 Å². The lowest BCUT2D eigenvalue weighted by atomic mass is 10.1. The Balaban J connectivity index is 2.91. The minimum atomic E-state index is -0.198. The minimum absolute atomic E-state index is 0.198. The topological polar surface area (TPSA) is 17.1 Å². The van der Waals surface area contributed by atoms with Crippen molar-refractivity contribution in [1.29, 1.82) is 0 Å². The van der Waals surface area contributed by atoms with Crippen molar-refractivity contribution in [1.82, 2.24) is 0 Å². The van der Waals surface area contributed by atoms with Crippen LogP contribution in [0.3, 0.4) is 0 Å². The van der Waals surface area contributed by atoms with E-state index in [2.05, 4.69) is 0 Å². The summed E-state index contributed by atoms with van der Waals surface area (Å²) in [7, 11) is 0. The average molecular weight is 198 g/mol. The van der Waals surface area contributed by atoms with E-state index in [0.717, 1.165) is 11.8 Å². The Bertz CT molecular complexity index is 299. The van der Waals surface area contributed by atoms with E-state index in [1.165, 1.54) is 17.8 Å². The highest BCUT2D eigenvalue weighted by atomic mass is 32.2. The largest absolute Gasteiger partial charge is 0.303 e. The first-order chi connectivity index (χ1) is 6.29. The van der Waals surface area contributed by atoms with Gasteiger partial charge in [-0.15, -0.1) is 11.8 Å². The number of rotatable bonds is 4. The van der Waals surface area contributed by atoms with Crippen molar-refractivity contribution < 1.29 is 9.18 Å². The van der Waals surface area contributed by atoms with E-state index in [9.17, 15) is 9.18 Å². The minimum Gasteiger partial charge on any atom is -0.303 e. The summed E-state index contributed by atoms with van der Waals surface area (Å²) in [5.41, 5.74) is 0.916.